The predicted molar refractivity (Wildman–Crippen MR) is 132 cm³/mol. The fourth-order valence-electron chi connectivity index (χ4n) is 6.17. The average molecular weight is 462 g/mol. The van der Waals surface area contributed by atoms with Crippen molar-refractivity contribution >= 4 is 12.0 Å². The molecule has 180 valence electrons. The molecule has 0 aromatic heterocycles. The van der Waals surface area contributed by atoms with E-state index in [2.05, 4.69) is 34.1 Å². The van der Waals surface area contributed by atoms with Crippen molar-refractivity contribution in [2.45, 2.75) is 50.6 Å². The molecule has 5 rings (SSSR count). The first-order chi connectivity index (χ1) is 16.6. The second-order valence-electron chi connectivity index (χ2n) is 9.92. The normalized spacial score (nSPS) is 20.7. The maximum absolute atomic E-state index is 13.4. The van der Waals surface area contributed by atoms with Gasteiger partial charge in [0.2, 0.25) is 0 Å². The lowest BCUT2D eigenvalue weighted by Gasteiger charge is -2.50. The predicted octanol–water partition coefficient (Wildman–Crippen LogP) is 4.30. The molecule has 3 heterocycles. The lowest BCUT2D eigenvalue weighted by atomic mass is 9.68. The van der Waals surface area contributed by atoms with Gasteiger partial charge in [0.15, 0.2) is 0 Å². The Morgan fingerprint density at radius 3 is 2.29 bits per heavy atom. The first-order valence-corrected chi connectivity index (χ1v) is 12.7. The van der Waals surface area contributed by atoms with Crippen LogP contribution < -0.4 is 0 Å². The van der Waals surface area contributed by atoms with Crippen LogP contribution in [-0.4, -0.2) is 72.1 Å². The fraction of sp³-hybridized carbons (Fsp3) is 0.500. The zero-order chi connectivity index (χ0) is 23.5. The van der Waals surface area contributed by atoms with Gasteiger partial charge in [-0.3, -0.25) is 4.79 Å². The van der Waals surface area contributed by atoms with Crippen LogP contribution in [0.3, 0.4) is 0 Å². The molecule has 2 saturated heterocycles. The van der Waals surface area contributed by atoms with Crippen LogP contribution in [0.1, 0.15) is 54.1 Å². The molecule has 0 saturated carbocycles. The Morgan fingerprint density at radius 2 is 1.59 bits per heavy atom. The number of likely N-dealkylation sites (tertiary alicyclic amines) is 2. The van der Waals surface area contributed by atoms with E-state index >= 15 is 0 Å². The Balaban J connectivity index is 1.28. The van der Waals surface area contributed by atoms with Crippen molar-refractivity contribution in [3.63, 3.8) is 0 Å². The van der Waals surface area contributed by atoms with Gasteiger partial charge in [-0.2, -0.15) is 0 Å². The number of amides is 2. The maximum atomic E-state index is 13.4. The standard InChI is InChI=1S/C28H35N3O3/c1-2-34-27(33)30-16-12-24(13-17-30)29-18-14-28(15-19-29)21-31(20-23-10-6-7-11-25(23)28)26(32)22-8-4-3-5-9-22/h3-11,24H,2,12-21H2,1H3. The van der Waals surface area contributed by atoms with Crippen LogP contribution in [0.25, 0.3) is 0 Å². The zero-order valence-electron chi connectivity index (χ0n) is 20.1. The summed E-state index contributed by atoms with van der Waals surface area (Å²) in [6, 6.07) is 18.9. The molecule has 2 aromatic rings. The molecule has 0 bridgehead atoms. The molecule has 3 aliphatic rings. The van der Waals surface area contributed by atoms with Crippen molar-refractivity contribution in [3.05, 3.63) is 71.3 Å². The molecule has 2 amide bonds. The number of nitrogens with zero attached hydrogens (tertiary/aromatic N) is 3. The summed E-state index contributed by atoms with van der Waals surface area (Å²) in [4.78, 5) is 31.9. The highest BCUT2D eigenvalue weighted by atomic mass is 16.6. The van der Waals surface area contributed by atoms with Crippen LogP contribution in [0.15, 0.2) is 54.6 Å². The molecule has 6 nitrogen and oxygen atoms in total. The van der Waals surface area contributed by atoms with Crippen LogP contribution in [0.5, 0.6) is 0 Å². The van der Waals surface area contributed by atoms with Crippen LogP contribution in [0.4, 0.5) is 4.79 Å². The van der Waals surface area contributed by atoms with Gasteiger partial charge >= 0.3 is 6.09 Å². The van der Waals surface area contributed by atoms with Crippen molar-refractivity contribution in [1.82, 2.24) is 14.7 Å². The van der Waals surface area contributed by atoms with Crippen LogP contribution in [-0.2, 0) is 16.7 Å². The number of hydrogen-bond acceptors (Lipinski definition) is 4. The van der Waals surface area contributed by atoms with Gasteiger partial charge in [0.05, 0.1) is 6.61 Å². The van der Waals surface area contributed by atoms with Crippen LogP contribution >= 0.6 is 0 Å². The second-order valence-corrected chi connectivity index (χ2v) is 9.92. The summed E-state index contributed by atoms with van der Waals surface area (Å²) in [5.74, 6) is 0.128. The maximum Gasteiger partial charge on any atom is 0.409 e. The molecule has 2 aromatic carbocycles. The van der Waals surface area contributed by atoms with Crippen molar-refractivity contribution in [1.29, 1.82) is 0 Å². The lowest BCUT2D eigenvalue weighted by molar-refractivity contribution is 0.0385. The third kappa shape index (κ3) is 4.43. The molecular weight excluding hydrogens is 426 g/mol. The molecule has 3 aliphatic heterocycles. The Labute approximate surface area is 202 Å². The summed E-state index contributed by atoms with van der Waals surface area (Å²) in [6.45, 7) is 7.36. The number of carbonyl (C=O) groups is 2. The Kier molecular flexibility index (Phi) is 6.59. The highest BCUT2D eigenvalue weighted by Gasteiger charge is 2.44. The van der Waals surface area contributed by atoms with E-state index in [1.165, 1.54) is 11.1 Å². The van der Waals surface area contributed by atoms with E-state index in [1.54, 1.807) is 0 Å². The third-order valence-electron chi connectivity index (χ3n) is 8.01. The van der Waals surface area contributed by atoms with E-state index in [1.807, 2.05) is 42.2 Å². The average Bonchev–Trinajstić information content (AvgIpc) is 2.89. The molecule has 2 fully saturated rings. The molecular formula is C28H35N3O3. The van der Waals surface area contributed by atoms with Crippen LogP contribution in [0, 0.1) is 0 Å². The summed E-state index contributed by atoms with van der Waals surface area (Å²) in [7, 11) is 0. The number of rotatable bonds is 3. The van der Waals surface area contributed by atoms with Gasteiger partial charge < -0.3 is 19.4 Å². The van der Waals surface area contributed by atoms with Gasteiger partial charge in [-0.25, -0.2) is 4.79 Å². The SMILES string of the molecule is CCOC(=O)N1CCC(N2CCC3(CC2)CN(C(=O)c2ccccc2)Cc2ccccc23)CC1. The van der Waals surface area contributed by atoms with Crippen LogP contribution in [0.2, 0.25) is 0 Å². The minimum absolute atomic E-state index is 0.0153. The molecule has 6 heteroatoms. The largest absolute Gasteiger partial charge is 0.450 e. The van der Waals surface area contributed by atoms with Crippen molar-refractivity contribution in [3.8, 4) is 0 Å². The molecule has 0 N–H and O–H groups in total. The minimum atomic E-state index is -0.180. The number of carbonyl (C=O) groups excluding carboxylic acids is 2. The monoisotopic (exact) mass is 461 g/mol. The molecule has 0 atom stereocenters. The molecule has 1 spiro atoms. The molecule has 0 radical (unpaired) electrons. The smallest absolute Gasteiger partial charge is 0.409 e. The lowest BCUT2D eigenvalue weighted by Crippen LogP contribution is -2.56. The number of benzene rings is 2. The van der Waals surface area contributed by atoms with Crippen molar-refractivity contribution in [2.24, 2.45) is 0 Å². The summed E-state index contributed by atoms with van der Waals surface area (Å²) < 4.78 is 5.17. The number of fused-ring (bicyclic) bond motifs is 2. The molecule has 34 heavy (non-hydrogen) atoms. The second kappa shape index (κ2) is 9.79. The van der Waals surface area contributed by atoms with E-state index in [0.717, 1.165) is 64.0 Å². The highest BCUT2D eigenvalue weighted by Crippen LogP contribution is 2.43. The summed E-state index contributed by atoms with van der Waals surface area (Å²) in [5.41, 5.74) is 3.50. The first-order valence-electron chi connectivity index (χ1n) is 12.7. The van der Waals surface area contributed by atoms with Gasteiger partial charge in [0, 0.05) is 43.2 Å². The Bertz CT molecular complexity index is 1010. The van der Waals surface area contributed by atoms with Gasteiger partial charge in [-0.1, -0.05) is 42.5 Å². The highest BCUT2D eigenvalue weighted by molar-refractivity contribution is 5.94. The zero-order valence-corrected chi connectivity index (χ0v) is 20.1. The van der Waals surface area contributed by atoms with E-state index in [0.29, 0.717) is 19.2 Å². The van der Waals surface area contributed by atoms with E-state index in [-0.39, 0.29) is 17.4 Å². The van der Waals surface area contributed by atoms with E-state index < -0.39 is 0 Å². The number of piperidine rings is 2. The number of ether oxygens (including phenoxy) is 1. The summed E-state index contributed by atoms with van der Waals surface area (Å²) in [6.07, 6.45) is 3.93. The molecule has 0 unspecified atom stereocenters. The summed E-state index contributed by atoms with van der Waals surface area (Å²) in [5, 5.41) is 0. The van der Waals surface area contributed by atoms with Gasteiger partial charge in [-0.05, 0) is 69.0 Å². The Morgan fingerprint density at radius 1 is 0.912 bits per heavy atom. The van der Waals surface area contributed by atoms with Gasteiger partial charge in [0.1, 0.15) is 0 Å². The van der Waals surface area contributed by atoms with E-state index in [9.17, 15) is 9.59 Å². The Hall–Kier alpha value is -2.86. The third-order valence-corrected chi connectivity index (χ3v) is 8.01. The topological polar surface area (TPSA) is 53.1 Å². The van der Waals surface area contributed by atoms with Crippen molar-refractivity contribution in [2.75, 3.05) is 39.3 Å². The van der Waals surface area contributed by atoms with Crippen molar-refractivity contribution < 1.29 is 14.3 Å². The minimum Gasteiger partial charge on any atom is -0.450 e. The first kappa shape index (κ1) is 22.9. The molecule has 0 aliphatic carbocycles. The number of hydrogen-bond donors (Lipinski definition) is 0. The quantitative estimate of drug-likeness (QED) is 0.684. The fourth-order valence-corrected chi connectivity index (χ4v) is 6.17. The van der Waals surface area contributed by atoms with Gasteiger partial charge in [0.25, 0.3) is 5.91 Å². The van der Waals surface area contributed by atoms with Gasteiger partial charge in [-0.15, -0.1) is 0 Å². The summed E-state index contributed by atoms with van der Waals surface area (Å²) >= 11 is 0. The van der Waals surface area contributed by atoms with E-state index in [4.69, 9.17) is 4.74 Å².